The van der Waals surface area contributed by atoms with Gasteiger partial charge in [-0.15, -0.1) is 11.3 Å². The largest absolute Gasteiger partial charge is 0.422 e. The zero-order valence-electron chi connectivity index (χ0n) is 14.2. The van der Waals surface area contributed by atoms with E-state index in [1.165, 1.54) is 17.4 Å². The first-order chi connectivity index (χ1) is 13.5. The van der Waals surface area contributed by atoms with Gasteiger partial charge in [0.05, 0.1) is 10.0 Å². The molecule has 1 amide bonds. The van der Waals surface area contributed by atoms with E-state index in [0.717, 1.165) is 10.4 Å². The van der Waals surface area contributed by atoms with Crippen LogP contribution in [0.5, 0.6) is 0 Å². The number of carbonyl (C=O) groups is 1. The Labute approximate surface area is 173 Å². The zero-order valence-corrected chi connectivity index (χ0v) is 16.6. The summed E-state index contributed by atoms with van der Waals surface area (Å²) < 4.78 is 5.20. The van der Waals surface area contributed by atoms with Gasteiger partial charge in [-0.3, -0.25) is 10.1 Å². The van der Waals surface area contributed by atoms with E-state index in [-0.39, 0.29) is 5.56 Å². The summed E-state index contributed by atoms with van der Waals surface area (Å²) in [5, 5.41) is 4.68. The number of nitrogens with one attached hydrogen (secondary N) is 1. The number of anilines is 1. The fourth-order valence-corrected chi connectivity index (χ4v) is 3.92. The number of carbonyl (C=O) groups excluding carboxylic acids is 1. The van der Waals surface area contributed by atoms with Crippen LogP contribution in [0.3, 0.4) is 0 Å². The minimum absolute atomic E-state index is 0.0756. The first-order valence-corrected chi connectivity index (χ1v) is 9.80. The molecule has 4 rings (SSSR count). The minimum Gasteiger partial charge on any atom is -0.422 e. The van der Waals surface area contributed by atoms with Gasteiger partial charge in [0.2, 0.25) is 0 Å². The Balaban J connectivity index is 1.54. The fourth-order valence-electron chi connectivity index (χ4n) is 2.70. The first-order valence-electron chi connectivity index (χ1n) is 8.23. The van der Waals surface area contributed by atoms with Crippen molar-refractivity contribution in [1.29, 1.82) is 0 Å². The second-order valence-electron chi connectivity index (χ2n) is 5.96. The first kappa shape index (κ1) is 18.7. The van der Waals surface area contributed by atoms with Crippen LogP contribution in [0.25, 0.3) is 11.0 Å². The van der Waals surface area contributed by atoms with Gasteiger partial charge in [-0.2, -0.15) is 0 Å². The molecule has 8 heteroatoms. The van der Waals surface area contributed by atoms with Gasteiger partial charge in [-0.05, 0) is 23.8 Å². The molecule has 0 aliphatic heterocycles. The Bertz CT molecular complexity index is 1250. The maximum absolute atomic E-state index is 12.5. The molecule has 0 unspecified atom stereocenters. The third-order valence-corrected chi connectivity index (χ3v) is 5.83. The number of nitrogens with zero attached hydrogens (tertiary/aromatic N) is 1. The summed E-state index contributed by atoms with van der Waals surface area (Å²) in [5.41, 5.74) is 0.525. The van der Waals surface area contributed by atoms with Crippen LogP contribution >= 0.6 is 34.5 Å². The molecular weight excluding hydrogens is 419 g/mol. The van der Waals surface area contributed by atoms with Crippen molar-refractivity contribution >= 4 is 56.5 Å². The van der Waals surface area contributed by atoms with E-state index < -0.39 is 11.5 Å². The van der Waals surface area contributed by atoms with Crippen molar-refractivity contribution in [2.24, 2.45) is 0 Å². The molecule has 0 spiro atoms. The van der Waals surface area contributed by atoms with Crippen molar-refractivity contribution in [3.05, 3.63) is 91.2 Å². The van der Waals surface area contributed by atoms with E-state index in [1.807, 2.05) is 12.1 Å². The highest BCUT2D eigenvalue weighted by atomic mass is 35.5. The molecule has 5 nitrogen and oxygen atoms in total. The number of aromatic nitrogens is 1. The number of hydrogen-bond donors (Lipinski definition) is 1. The molecule has 1 N–H and O–H groups in total. The highest BCUT2D eigenvalue weighted by Crippen LogP contribution is 2.29. The van der Waals surface area contributed by atoms with Crippen LogP contribution in [0.1, 0.15) is 20.8 Å². The van der Waals surface area contributed by atoms with Crippen molar-refractivity contribution in [3.8, 4) is 0 Å². The van der Waals surface area contributed by atoms with Gasteiger partial charge in [0.15, 0.2) is 5.13 Å². The summed E-state index contributed by atoms with van der Waals surface area (Å²) in [6.07, 6.45) is 2.19. The number of amides is 1. The molecular formula is C20H12Cl2N2O3S. The number of hydrogen-bond acceptors (Lipinski definition) is 5. The van der Waals surface area contributed by atoms with Gasteiger partial charge < -0.3 is 4.42 Å². The van der Waals surface area contributed by atoms with Crippen LogP contribution in [0.2, 0.25) is 10.0 Å². The smallest absolute Gasteiger partial charge is 0.349 e. The Kier molecular flexibility index (Phi) is 5.17. The summed E-state index contributed by atoms with van der Waals surface area (Å²) >= 11 is 13.6. The summed E-state index contributed by atoms with van der Waals surface area (Å²) in [6, 6.07) is 13.9. The molecule has 140 valence electrons. The standard InChI is InChI=1S/C20H12Cl2N2O3S/c21-15-6-3-5-12(17(15)22)8-13-10-23-20(28-13)24-18(25)14-9-11-4-1-2-7-16(11)27-19(14)26/h1-7,9-10H,8H2,(H,23,24,25). The maximum atomic E-state index is 12.5. The molecule has 0 aliphatic rings. The third-order valence-electron chi connectivity index (χ3n) is 4.06. The van der Waals surface area contributed by atoms with E-state index in [1.54, 1.807) is 36.5 Å². The minimum atomic E-state index is -0.696. The molecule has 28 heavy (non-hydrogen) atoms. The summed E-state index contributed by atoms with van der Waals surface area (Å²) in [5.74, 6) is -0.568. The molecule has 0 saturated heterocycles. The topological polar surface area (TPSA) is 72.2 Å². The van der Waals surface area contributed by atoms with Crippen molar-refractivity contribution in [1.82, 2.24) is 4.98 Å². The number of thiazole rings is 1. The normalized spacial score (nSPS) is 10.9. The van der Waals surface area contributed by atoms with Crippen LogP contribution < -0.4 is 10.9 Å². The lowest BCUT2D eigenvalue weighted by molar-refractivity contribution is 0.102. The predicted octanol–water partition coefficient (Wildman–Crippen LogP) is 5.40. The summed E-state index contributed by atoms with van der Waals surface area (Å²) in [6.45, 7) is 0. The van der Waals surface area contributed by atoms with E-state index in [9.17, 15) is 9.59 Å². The van der Waals surface area contributed by atoms with Gasteiger partial charge >= 0.3 is 5.63 Å². The maximum Gasteiger partial charge on any atom is 0.349 e. The van der Waals surface area contributed by atoms with Crippen LogP contribution in [0.4, 0.5) is 5.13 Å². The number of rotatable bonds is 4. The van der Waals surface area contributed by atoms with E-state index in [0.29, 0.717) is 32.6 Å². The average molecular weight is 431 g/mol. The number of para-hydroxylation sites is 1. The van der Waals surface area contributed by atoms with Crippen molar-refractivity contribution < 1.29 is 9.21 Å². The van der Waals surface area contributed by atoms with Crippen molar-refractivity contribution in [3.63, 3.8) is 0 Å². The lowest BCUT2D eigenvalue weighted by Crippen LogP contribution is -2.20. The average Bonchev–Trinajstić information content (AvgIpc) is 3.11. The van der Waals surface area contributed by atoms with Gasteiger partial charge in [-0.25, -0.2) is 9.78 Å². The summed E-state index contributed by atoms with van der Waals surface area (Å²) in [4.78, 5) is 29.7. The molecule has 0 aliphatic carbocycles. The zero-order chi connectivity index (χ0) is 19.7. The van der Waals surface area contributed by atoms with E-state index in [4.69, 9.17) is 27.6 Å². The molecule has 2 heterocycles. The molecule has 0 atom stereocenters. The Morgan fingerprint density at radius 2 is 1.96 bits per heavy atom. The number of benzene rings is 2. The van der Waals surface area contributed by atoms with Crippen LogP contribution in [-0.4, -0.2) is 10.9 Å². The van der Waals surface area contributed by atoms with Crippen LogP contribution in [-0.2, 0) is 6.42 Å². The van der Waals surface area contributed by atoms with Crippen LogP contribution in [0.15, 0.2) is 63.9 Å². The van der Waals surface area contributed by atoms with Crippen molar-refractivity contribution in [2.45, 2.75) is 6.42 Å². The predicted molar refractivity (Wildman–Crippen MR) is 112 cm³/mol. The summed E-state index contributed by atoms with van der Waals surface area (Å²) in [7, 11) is 0. The molecule has 0 saturated carbocycles. The Morgan fingerprint density at radius 1 is 1.14 bits per heavy atom. The van der Waals surface area contributed by atoms with E-state index in [2.05, 4.69) is 10.3 Å². The van der Waals surface area contributed by atoms with Crippen LogP contribution in [0, 0.1) is 0 Å². The quantitative estimate of drug-likeness (QED) is 0.439. The highest BCUT2D eigenvalue weighted by molar-refractivity contribution is 7.15. The Hall–Kier alpha value is -2.67. The highest BCUT2D eigenvalue weighted by Gasteiger charge is 2.16. The lowest BCUT2D eigenvalue weighted by Gasteiger charge is -2.03. The molecule has 0 bridgehead atoms. The van der Waals surface area contributed by atoms with Gasteiger partial charge in [0.1, 0.15) is 11.1 Å². The lowest BCUT2D eigenvalue weighted by atomic mass is 10.1. The second-order valence-corrected chi connectivity index (χ2v) is 7.86. The monoisotopic (exact) mass is 430 g/mol. The van der Waals surface area contributed by atoms with Crippen molar-refractivity contribution in [2.75, 3.05) is 5.32 Å². The number of halogens is 2. The fraction of sp³-hybridized carbons (Fsp3) is 0.0500. The third kappa shape index (κ3) is 3.80. The SMILES string of the molecule is O=C(Nc1ncc(Cc2cccc(Cl)c2Cl)s1)c1cc2ccccc2oc1=O. The molecule has 0 radical (unpaired) electrons. The molecule has 2 aromatic heterocycles. The van der Waals surface area contributed by atoms with Gasteiger partial charge in [0, 0.05) is 22.9 Å². The number of fused-ring (bicyclic) bond motifs is 1. The molecule has 0 fully saturated rings. The van der Waals surface area contributed by atoms with Gasteiger partial charge in [-0.1, -0.05) is 53.5 Å². The second kappa shape index (κ2) is 7.75. The van der Waals surface area contributed by atoms with E-state index >= 15 is 0 Å². The van der Waals surface area contributed by atoms with Gasteiger partial charge in [0.25, 0.3) is 5.91 Å². The Morgan fingerprint density at radius 3 is 2.82 bits per heavy atom. The molecule has 4 aromatic rings. The molecule has 2 aromatic carbocycles.